The number of H-pyrrole nitrogens is 1. The summed E-state index contributed by atoms with van der Waals surface area (Å²) in [5.41, 5.74) is 0.176. The largest absolute Gasteiger partial charge is 0.275 e. The first-order valence-corrected chi connectivity index (χ1v) is 7.99. The van der Waals surface area contributed by atoms with E-state index in [1.807, 2.05) is 13.8 Å². The van der Waals surface area contributed by atoms with Gasteiger partial charge < -0.3 is 0 Å². The van der Waals surface area contributed by atoms with Crippen molar-refractivity contribution < 1.29 is 8.78 Å². The van der Waals surface area contributed by atoms with E-state index in [2.05, 4.69) is 15.1 Å². The average Bonchev–Trinajstić information content (AvgIpc) is 2.94. The van der Waals surface area contributed by atoms with E-state index in [0.29, 0.717) is 11.5 Å². The van der Waals surface area contributed by atoms with Crippen LogP contribution in [0.15, 0.2) is 34.0 Å². The molecule has 0 fully saturated rings. The van der Waals surface area contributed by atoms with Crippen LogP contribution in [0.4, 0.5) is 8.78 Å². The highest BCUT2D eigenvalue weighted by Gasteiger charge is 2.12. The van der Waals surface area contributed by atoms with Crippen molar-refractivity contribution in [2.75, 3.05) is 0 Å². The molecule has 0 bridgehead atoms. The summed E-state index contributed by atoms with van der Waals surface area (Å²) < 4.78 is 28.1. The molecule has 2 heterocycles. The second-order valence-electron chi connectivity index (χ2n) is 5.33. The summed E-state index contributed by atoms with van der Waals surface area (Å²) in [6.45, 7) is 3.90. The summed E-state index contributed by atoms with van der Waals surface area (Å²) >= 11 is 1.08. The van der Waals surface area contributed by atoms with Crippen molar-refractivity contribution >= 4 is 17.5 Å². The number of hydrogen-bond donors (Lipinski definition) is 1. The van der Waals surface area contributed by atoms with Gasteiger partial charge in [-0.15, -0.1) is 11.8 Å². The number of nitrogens with one attached hydrogen (secondary N) is 1. The Labute approximate surface area is 134 Å². The molecule has 3 aromatic rings. The molecule has 120 valence electrons. The van der Waals surface area contributed by atoms with E-state index in [0.717, 1.165) is 17.8 Å². The van der Waals surface area contributed by atoms with Gasteiger partial charge in [-0.05, 0) is 12.1 Å². The zero-order valence-corrected chi connectivity index (χ0v) is 13.3. The van der Waals surface area contributed by atoms with Gasteiger partial charge in [0.1, 0.15) is 5.82 Å². The average molecular weight is 336 g/mol. The number of halogens is 2. The van der Waals surface area contributed by atoms with Gasteiger partial charge in [-0.3, -0.25) is 9.89 Å². The summed E-state index contributed by atoms with van der Waals surface area (Å²) in [4.78, 5) is 20.8. The zero-order valence-electron chi connectivity index (χ0n) is 12.5. The molecule has 8 heteroatoms. The Morgan fingerprint density at radius 1 is 1.30 bits per heavy atom. The molecular formula is C15H14F2N4OS. The van der Waals surface area contributed by atoms with Crippen molar-refractivity contribution in [3.05, 3.63) is 57.8 Å². The van der Waals surface area contributed by atoms with Gasteiger partial charge in [0.15, 0.2) is 11.6 Å². The van der Waals surface area contributed by atoms with Gasteiger partial charge in [0.25, 0.3) is 11.3 Å². The molecule has 1 aromatic carbocycles. The highest BCUT2D eigenvalue weighted by atomic mass is 32.2. The third-order valence-electron chi connectivity index (χ3n) is 3.24. The standard InChI is InChI=1S/C15H14F2N4OS/c1-8(2)14-19-15-18-9(6-12(22)21(15)20-14)7-23-11-5-3-4-10(16)13(11)17/h3-6,8H,7H2,1-2H3,(H,18,19,20). The second kappa shape index (κ2) is 6.11. The Hall–Kier alpha value is -2.22. The van der Waals surface area contributed by atoms with E-state index in [4.69, 9.17) is 0 Å². The molecule has 0 aliphatic carbocycles. The summed E-state index contributed by atoms with van der Waals surface area (Å²) in [5.74, 6) is -0.470. The minimum absolute atomic E-state index is 0.135. The van der Waals surface area contributed by atoms with E-state index < -0.39 is 11.6 Å². The van der Waals surface area contributed by atoms with Crippen molar-refractivity contribution in [3.8, 4) is 0 Å². The van der Waals surface area contributed by atoms with Gasteiger partial charge in [0.05, 0.1) is 5.69 Å². The lowest BCUT2D eigenvalue weighted by Crippen LogP contribution is -2.15. The highest BCUT2D eigenvalue weighted by Crippen LogP contribution is 2.26. The topological polar surface area (TPSA) is 63.1 Å². The molecule has 0 aliphatic heterocycles. The predicted octanol–water partition coefficient (Wildman–Crippen LogP) is 3.11. The van der Waals surface area contributed by atoms with Crippen LogP contribution < -0.4 is 5.56 Å². The van der Waals surface area contributed by atoms with Gasteiger partial charge in [-0.2, -0.15) is 9.50 Å². The van der Waals surface area contributed by atoms with Gasteiger partial charge in [-0.1, -0.05) is 19.9 Å². The lowest BCUT2D eigenvalue weighted by Gasteiger charge is -2.03. The van der Waals surface area contributed by atoms with Gasteiger partial charge in [-0.25, -0.2) is 13.8 Å². The number of fused-ring (bicyclic) bond motifs is 1. The van der Waals surface area contributed by atoms with Crippen LogP contribution in [-0.4, -0.2) is 19.6 Å². The number of hydrogen-bond acceptors (Lipinski definition) is 4. The van der Waals surface area contributed by atoms with Crippen LogP contribution in [0.3, 0.4) is 0 Å². The molecule has 0 atom stereocenters. The first kappa shape index (κ1) is 15.7. The van der Waals surface area contributed by atoms with Crippen molar-refractivity contribution in [1.29, 1.82) is 0 Å². The Morgan fingerprint density at radius 2 is 2.09 bits per heavy atom. The normalized spacial score (nSPS) is 11.5. The van der Waals surface area contributed by atoms with Crippen LogP contribution in [0.2, 0.25) is 0 Å². The Kier molecular flexibility index (Phi) is 4.16. The fourth-order valence-electron chi connectivity index (χ4n) is 2.02. The lowest BCUT2D eigenvalue weighted by atomic mass is 10.2. The van der Waals surface area contributed by atoms with Crippen LogP contribution in [0.5, 0.6) is 0 Å². The number of thioether (sulfide) groups is 1. The number of rotatable bonds is 4. The van der Waals surface area contributed by atoms with E-state index in [1.165, 1.54) is 22.7 Å². The third-order valence-corrected chi connectivity index (χ3v) is 4.31. The number of aromatic amines is 1. The number of benzene rings is 1. The molecule has 0 aliphatic rings. The first-order valence-electron chi connectivity index (χ1n) is 7.01. The lowest BCUT2D eigenvalue weighted by molar-refractivity contribution is 0.491. The van der Waals surface area contributed by atoms with Gasteiger partial charge in [0, 0.05) is 22.6 Å². The van der Waals surface area contributed by atoms with E-state index >= 15 is 0 Å². The Balaban J connectivity index is 1.88. The maximum absolute atomic E-state index is 13.6. The number of aromatic nitrogens is 4. The molecule has 23 heavy (non-hydrogen) atoms. The second-order valence-corrected chi connectivity index (χ2v) is 6.34. The van der Waals surface area contributed by atoms with Crippen LogP contribution in [0.25, 0.3) is 5.78 Å². The molecule has 3 rings (SSSR count). The molecule has 5 nitrogen and oxygen atoms in total. The molecule has 0 saturated heterocycles. The minimum Gasteiger partial charge on any atom is -0.275 e. The van der Waals surface area contributed by atoms with Gasteiger partial charge in [0.2, 0.25) is 0 Å². The molecule has 0 radical (unpaired) electrons. The van der Waals surface area contributed by atoms with Crippen molar-refractivity contribution in [1.82, 2.24) is 19.6 Å². The van der Waals surface area contributed by atoms with Crippen LogP contribution in [0.1, 0.15) is 31.3 Å². The molecule has 1 N–H and O–H groups in total. The SMILES string of the molecule is CC(C)c1nc2nc(CSc3cccc(F)c3F)cc(=O)n2[nH]1. The summed E-state index contributed by atoms with van der Waals surface area (Å²) in [5, 5.41) is 2.90. The highest BCUT2D eigenvalue weighted by molar-refractivity contribution is 7.98. The Bertz CT molecular complexity index is 919. The molecule has 0 spiro atoms. The maximum atomic E-state index is 13.6. The molecular weight excluding hydrogens is 322 g/mol. The smallest absolute Gasteiger partial charge is 0.274 e. The van der Waals surface area contributed by atoms with Gasteiger partial charge >= 0.3 is 0 Å². The summed E-state index contributed by atoms with van der Waals surface area (Å²) in [6, 6.07) is 5.35. The van der Waals surface area contributed by atoms with Crippen molar-refractivity contribution in [3.63, 3.8) is 0 Å². The van der Waals surface area contributed by atoms with E-state index in [9.17, 15) is 13.6 Å². The van der Waals surface area contributed by atoms with Crippen molar-refractivity contribution in [2.45, 2.75) is 30.4 Å². The van der Waals surface area contributed by atoms with E-state index in [1.54, 1.807) is 0 Å². The molecule has 0 saturated carbocycles. The predicted molar refractivity (Wildman–Crippen MR) is 83.6 cm³/mol. The third kappa shape index (κ3) is 3.12. The van der Waals surface area contributed by atoms with Crippen LogP contribution in [-0.2, 0) is 5.75 Å². The molecule has 0 unspecified atom stereocenters. The maximum Gasteiger partial charge on any atom is 0.274 e. The first-order chi connectivity index (χ1) is 11.0. The minimum atomic E-state index is -0.896. The molecule has 2 aromatic heterocycles. The monoisotopic (exact) mass is 336 g/mol. The Morgan fingerprint density at radius 3 is 2.83 bits per heavy atom. The van der Waals surface area contributed by atoms with Crippen molar-refractivity contribution in [2.24, 2.45) is 0 Å². The van der Waals surface area contributed by atoms with Crippen LogP contribution in [0, 0.1) is 11.6 Å². The number of nitrogens with zero attached hydrogens (tertiary/aromatic N) is 3. The van der Waals surface area contributed by atoms with E-state index in [-0.39, 0.29) is 27.9 Å². The fraction of sp³-hybridized carbons (Fsp3) is 0.267. The summed E-state index contributed by atoms with van der Waals surface area (Å²) in [7, 11) is 0. The zero-order chi connectivity index (χ0) is 16.6. The quantitative estimate of drug-likeness (QED) is 0.744. The molecule has 0 amide bonds. The van der Waals surface area contributed by atoms with Crippen LogP contribution >= 0.6 is 11.8 Å². The summed E-state index contributed by atoms with van der Waals surface area (Å²) in [6.07, 6.45) is 0. The fourth-order valence-corrected chi connectivity index (χ4v) is 2.87.